The van der Waals surface area contributed by atoms with Gasteiger partial charge in [-0.15, -0.1) is 0 Å². The average molecular weight is 219 g/mol. The van der Waals surface area contributed by atoms with Gasteiger partial charge in [-0.05, 0) is 18.4 Å². The molecule has 4 heteroatoms. The minimum Gasteiger partial charge on any atom is -0.355 e. The first-order valence-corrected chi connectivity index (χ1v) is 5.23. The highest BCUT2D eigenvalue weighted by Crippen LogP contribution is 1.91. The van der Waals surface area contributed by atoms with Crippen molar-refractivity contribution in [2.24, 2.45) is 5.92 Å². The molecule has 0 bridgehead atoms. The first-order valence-electron chi connectivity index (χ1n) is 4.79. The summed E-state index contributed by atoms with van der Waals surface area (Å²) < 4.78 is 0. The number of halogens is 1. The van der Waals surface area contributed by atoms with E-state index in [1.54, 1.807) is 0 Å². The zero-order valence-corrected chi connectivity index (χ0v) is 9.82. The maximum Gasteiger partial charge on any atom is 0.233 e. The lowest BCUT2D eigenvalue weighted by molar-refractivity contribution is -0.120. The molecule has 0 spiro atoms. The van der Waals surface area contributed by atoms with E-state index in [0.29, 0.717) is 19.0 Å². The highest BCUT2D eigenvalue weighted by molar-refractivity contribution is 6.25. The Labute approximate surface area is 90.9 Å². The fourth-order valence-electron chi connectivity index (χ4n) is 0.792. The maximum absolute atomic E-state index is 11.2. The molecule has 0 unspecified atom stereocenters. The first kappa shape index (κ1) is 13.5. The van der Waals surface area contributed by atoms with E-state index in [9.17, 15) is 4.79 Å². The van der Waals surface area contributed by atoms with Crippen LogP contribution in [0.3, 0.4) is 0 Å². The molecule has 0 fully saturated rings. The summed E-state index contributed by atoms with van der Waals surface area (Å²) in [6.45, 7) is 7.76. The Morgan fingerprint density at radius 2 is 2.07 bits per heavy atom. The number of rotatable bonds is 6. The molecule has 0 aliphatic heterocycles. The van der Waals surface area contributed by atoms with Crippen LogP contribution >= 0.6 is 11.6 Å². The van der Waals surface area contributed by atoms with Crippen LogP contribution in [0.5, 0.6) is 0 Å². The molecule has 0 saturated carbocycles. The largest absolute Gasteiger partial charge is 0.355 e. The monoisotopic (exact) mass is 218 g/mol. The quantitative estimate of drug-likeness (QED) is 0.710. The van der Waals surface area contributed by atoms with Crippen LogP contribution in [0.15, 0.2) is 11.1 Å². The van der Waals surface area contributed by atoms with Crippen molar-refractivity contribution in [3.05, 3.63) is 11.1 Å². The molecule has 0 radical (unpaired) electrons. The average Bonchev–Trinajstić information content (AvgIpc) is 2.14. The summed E-state index contributed by atoms with van der Waals surface area (Å²) >= 11 is 5.47. The van der Waals surface area contributed by atoms with Crippen molar-refractivity contribution in [1.82, 2.24) is 10.6 Å². The van der Waals surface area contributed by atoms with Gasteiger partial charge in [0.1, 0.15) is 0 Å². The summed E-state index contributed by atoms with van der Waals surface area (Å²) in [5.41, 5.74) is 2.53. The lowest BCUT2D eigenvalue weighted by Gasteiger charge is -2.08. The van der Waals surface area contributed by atoms with E-state index in [2.05, 4.69) is 24.5 Å². The number of amides is 1. The summed E-state index contributed by atoms with van der Waals surface area (Å²) in [6.07, 6.45) is 0. The van der Waals surface area contributed by atoms with Crippen molar-refractivity contribution in [1.29, 1.82) is 0 Å². The third-order valence-electron chi connectivity index (χ3n) is 1.58. The molecule has 2 N–H and O–H groups in total. The predicted molar refractivity (Wildman–Crippen MR) is 60.3 cm³/mol. The van der Waals surface area contributed by atoms with Gasteiger partial charge in [0.15, 0.2) is 0 Å². The Bertz CT molecular complexity index is 202. The Kier molecular flexibility index (Phi) is 7.52. The molecule has 0 aliphatic carbocycles. The molecule has 14 heavy (non-hydrogen) atoms. The molecule has 0 aromatic rings. The molecular weight excluding hydrogens is 200 g/mol. The van der Waals surface area contributed by atoms with Crippen LogP contribution in [0.2, 0.25) is 0 Å². The van der Waals surface area contributed by atoms with Crippen LogP contribution in [-0.2, 0) is 4.79 Å². The van der Waals surface area contributed by atoms with Gasteiger partial charge in [-0.2, -0.15) is 0 Å². The van der Waals surface area contributed by atoms with Crippen molar-refractivity contribution in [2.45, 2.75) is 20.8 Å². The topological polar surface area (TPSA) is 41.1 Å². The van der Waals surface area contributed by atoms with Gasteiger partial charge < -0.3 is 10.6 Å². The van der Waals surface area contributed by atoms with Crippen molar-refractivity contribution in [3.8, 4) is 0 Å². The van der Waals surface area contributed by atoms with Gasteiger partial charge in [-0.3, -0.25) is 4.79 Å². The first-order chi connectivity index (χ1) is 6.56. The molecule has 0 atom stereocenters. The number of hydrogen-bond donors (Lipinski definition) is 2. The van der Waals surface area contributed by atoms with Crippen LogP contribution in [0.25, 0.3) is 0 Å². The second-order valence-corrected chi connectivity index (χ2v) is 3.98. The molecule has 82 valence electrons. The van der Waals surface area contributed by atoms with Gasteiger partial charge in [0.05, 0.1) is 6.54 Å². The summed E-state index contributed by atoms with van der Waals surface area (Å²) in [6, 6.07) is 0. The molecule has 0 aromatic heterocycles. The van der Waals surface area contributed by atoms with Crippen LogP contribution in [-0.4, -0.2) is 25.5 Å². The predicted octanol–water partition coefficient (Wildman–Crippen LogP) is 1.49. The maximum atomic E-state index is 11.2. The van der Waals surface area contributed by atoms with Crippen molar-refractivity contribution < 1.29 is 4.79 Å². The molecule has 0 heterocycles. The number of nitrogens with one attached hydrogen (secondary N) is 2. The standard InChI is InChI=1S/C10H19ClN2O/c1-8(2)5-13-10(14)7-12-6-9(3)4-11/h4,8,12H,5-7H2,1-3H3,(H,13,14). The van der Waals surface area contributed by atoms with E-state index in [1.807, 2.05) is 6.92 Å². The zero-order chi connectivity index (χ0) is 11.0. The molecule has 0 aliphatic rings. The van der Waals surface area contributed by atoms with Crippen molar-refractivity contribution in [2.75, 3.05) is 19.6 Å². The SMILES string of the molecule is CC(=CCl)CNCC(=O)NCC(C)C. The van der Waals surface area contributed by atoms with E-state index in [4.69, 9.17) is 11.6 Å². The number of carbonyl (C=O) groups excluding carboxylic acids is 1. The minimum absolute atomic E-state index is 0.0288. The molecular formula is C10H19ClN2O. The van der Waals surface area contributed by atoms with Gasteiger partial charge in [0.2, 0.25) is 5.91 Å². The molecule has 0 rings (SSSR count). The second-order valence-electron chi connectivity index (χ2n) is 3.76. The lowest BCUT2D eigenvalue weighted by atomic mass is 10.2. The van der Waals surface area contributed by atoms with Gasteiger partial charge in [-0.1, -0.05) is 25.4 Å². The van der Waals surface area contributed by atoms with E-state index >= 15 is 0 Å². The Morgan fingerprint density at radius 1 is 1.43 bits per heavy atom. The van der Waals surface area contributed by atoms with E-state index in [1.165, 1.54) is 5.54 Å². The fraction of sp³-hybridized carbons (Fsp3) is 0.700. The Morgan fingerprint density at radius 3 is 2.57 bits per heavy atom. The summed E-state index contributed by atoms with van der Waals surface area (Å²) in [4.78, 5) is 11.2. The lowest BCUT2D eigenvalue weighted by Crippen LogP contribution is -2.36. The minimum atomic E-state index is 0.0288. The molecule has 1 amide bonds. The van der Waals surface area contributed by atoms with E-state index < -0.39 is 0 Å². The summed E-state index contributed by atoms with van der Waals surface area (Å²) in [7, 11) is 0. The van der Waals surface area contributed by atoms with Crippen molar-refractivity contribution >= 4 is 17.5 Å². The highest BCUT2D eigenvalue weighted by atomic mass is 35.5. The van der Waals surface area contributed by atoms with Gasteiger partial charge in [-0.25, -0.2) is 0 Å². The van der Waals surface area contributed by atoms with Crippen LogP contribution in [0.4, 0.5) is 0 Å². The summed E-state index contributed by atoms with van der Waals surface area (Å²) in [5, 5.41) is 5.81. The van der Waals surface area contributed by atoms with Crippen molar-refractivity contribution in [3.63, 3.8) is 0 Å². The summed E-state index contributed by atoms with van der Waals surface area (Å²) in [5.74, 6) is 0.518. The number of carbonyl (C=O) groups is 1. The third kappa shape index (κ3) is 8.08. The van der Waals surface area contributed by atoms with Gasteiger partial charge >= 0.3 is 0 Å². The Hall–Kier alpha value is -0.540. The van der Waals surface area contributed by atoms with Gasteiger partial charge in [0, 0.05) is 18.6 Å². The van der Waals surface area contributed by atoms with Crippen LogP contribution in [0.1, 0.15) is 20.8 Å². The third-order valence-corrected chi connectivity index (χ3v) is 1.96. The normalized spacial score (nSPS) is 11.9. The van der Waals surface area contributed by atoms with E-state index in [-0.39, 0.29) is 5.91 Å². The molecule has 0 saturated heterocycles. The zero-order valence-electron chi connectivity index (χ0n) is 9.06. The molecule has 3 nitrogen and oxygen atoms in total. The van der Waals surface area contributed by atoms with Crippen LogP contribution in [0, 0.1) is 5.92 Å². The molecule has 0 aromatic carbocycles. The van der Waals surface area contributed by atoms with Gasteiger partial charge in [0.25, 0.3) is 0 Å². The Balaban J connectivity index is 3.45. The van der Waals surface area contributed by atoms with Crippen LogP contribution < -0.4 is 10.6 Å². The smallest absolute Gasteiger partial charge is 0.233 e. The number of hydrogen-bond acceptors (Lipinski definition) is 2. The fourth-order valence-corrected chi connectivity index (χ4v) is 0.869. The van der Waals surface area contributed by atoms with E-state index in [0.717, 1.165) is 12.1 Å². The highest BCUT2D eigenvalue weighted by Gasteiger charge is 2.00. The second kappa shape index (κ2) is 7.83.